The van der Waals surface area contributed by atoms with Crippen molar-refractivity contribution in [1.29, 1.82) is 0 Å². The zero-order chi connectivity index (χ0) is 17.2. The molecule has 0 amide bonds. The van der Waals surface area contributed by atoms with E-state index in [1.165, 1.54) is 7.05 Å². The van der Waals surface area contributed by atoms with Crippen LogP contribution in [-0.2, 0) is 16.6 Å². The minimum atomic E-state index is -3.40. The zero-order valence-corrected chi connectivity index (χ0v) is 14.3. The smallest absolute Gasteiger partial charge is 0.240 e. The average Bonchev–Trinajstić information content (AvgIpc) is 3.07. The maximum atomic E-state index is 11.7. The summed E-state index contributed by atoms with van der Waals surface area (Å²) in [6.45, 7) is 2.67. The summed E-state index contributed by atoms with van der Waals surface area (Å²) >= 11 is 0. The fourth-order valence-corrected chi connectivity index (χ4v) is 3.11. The van der Waals surface area contributed by atoms with Gasteiger partial charge >= 0.3 is 0 Å². The molecule has 7 nitrogen and oxygen atoms in total. The van der Waals surface area contributed by atoms with Crippen molar-refractivity contribution < 1.29 is 8.42 Å². The highest BCUT2D eigenvalue weighted by Gasteiger charge is 2.12. The lowest BCUT2D eigenvalue weighted by atomic mass is 10.1. The van der Waals surface area contributed by atoms with Crippen LogP contribution in [0.25, 0.3) is 5.65 Å². The monoisotopic (exact) mass is 345 g/mol. The summed E-state index contributed by atoms with van der Waals surface area (Å²) in [6.07, 6.45) is 5.47. The molecule has 126 valence electrons. The summed E-state index contributed by atoms with van der Waals surface area (Å²) in [5.74, 6) is 0. The van der Waals surface area contributed by atoms with Gasteiger partial charge in [-0.05, 0) is 31.7 Å². The Morgan fingerprint density at radius 2 is 1.96 bits per heavy atom. The molecule has 2 aromatic heterocycles. The van der Waals surface area contributed by atoms with Gasteiger partial charge in [-0.2, -0.15) is 5.10 Å². The van der Waals surface area contributed by atoms with Crippen LogP contribution in [0.2, 0.25) is 0 Å². The number of sulfonamides is 1. The third kappa shape index (κ3) is 3.45. The first kappa shape index (κ1) is 16.6. The number of aromatic nitrogens is 3. The Morgan fingerprint density at radius 3 is 2.67 bits per heavy atom. The average molecular weight is 345 g/mol. The Kier molecular flexibility index (Phi) is 4.61. The van der Waals surface area contributed by atoms with E-state index in [0.29, 0.717) is 6.54 Å². The van der Waals surface area contributed by atoms with Crippen molar-refractivity contribution in [2.45, 2.75) is 24.4 Å². The molecule has 0 saturated carbocycles. The molecule has 0 aliphatic carbocycles. The van der Waals surface area contributed by atoms with Gasteiger partial charge in [0.15, 0.2) is 5.65 Å². The van der Waals surface area contributed by atoms with Gasteiger partial charge in [-0.1, -0.05) is 12.1 Å². The predicted octanol–water partition coefficient (Wildman–Crippen LogP) is 1.49. The minimum absolute atomic E-state index is 0.0738. The normalized spacial score (nSPS) is 13.2. The highest BCUT2D eigenvalue weighted by atomic mass is 32.2. The van der Waals surface area contributed by atoms with Crippen LogP contribution in [0.5, 0.6) is 0 Å². The quantitative estimate of drug-likeness (QED) is 0.707. The van der Waals surface area contributed by atoms with Crippen molar-refractivity contribution >= 4 is 15.7 Å². The third-order valence-electron chi connectivity index (χ3n) is 3.87. The lowest BCUT2D eigenvalue weighted by Gasteiger charge is -2.15. The number of fused-ring (bicyclic) bond motifs is 1. The molecule has 0 radical (unpaired) electrons. The number of hydrogen-bond donors (Lipinski definition) is 2. The Balaban J connectivity index is 1.67. The summed E-state index contributed by atoms with van der Waals surface area (Å²) in [7, 11) is -2.00. The largest absolute Gasteiger partial charge is 0.306 e. The van der Waals surface area contributed by atoms with E-state index in [2.05, 4.69) is 20.1 Å². The molecule has 0 spiro atoms. The SMILES string of the molecule is CNS(=O)(=O)c1ccc(C(C)NCc2cnc3ccnn3c2)cc1. The number of nitrogens with one attached hydrogen (secondary N) is 2. The number of rotatable bonds is 6. The molecule has 3 aromatic rings. The molecule has 1 unspecified atom stereocenters. The minimum Gasteiger partial charge on any atom is -0.306 e. The Bertz CT molecular complexity index is 935. The van der Waals surface area contributed by atoms with Crippen molar-refractivity contribution in [2.75, 3.05) is 7.05 Å². The topological polar surface area (TPSA) is 88.4 Å². The Morgan fingerprint density at radius 1 is 1.21 bits per heavy atom. The van der Waals surface area contributed by atoms with Crippen molar-refractivity contribution in [2.24, 2.45) is 0 Å². The first-order valence-electron chi connectivity index (χ1n) is 7.55. The van der Waals surface area contributed by atoms with Crippen LogP contribution in [0, 0.1) is 0 Å². The molecular formula is C16H19N5O2S. The first-order chi connectivity index (χ1) is 11.5. The maximum Gasteiger partial charge on any atom is 0.240 e. The van der Waals surface area contributed by atoms with E-state index in [-0.39, 0.29) is 10.9 Å². The first-order valence-corrected chi connectivity index (χ1v) is 9.03. The molecular weight excluding hydrogens is 326 g/mol. The van der Waals surface area contributed by atoms with Gasteiger partial charge in [0.25, 0.3) is 0 Å². The van der Waals surface area contributed by atoms with Gasteiger partial charge in [-0.25, -0.2) is 22.6 Å². The molecule has 2 heterocycles. The van der Waals surface area contributed by atoms with Crippen LogP contribution in [-0.4, -0.2) is 30.1 Å². The summed E-state index contributed by atoms with van der Waals surface area (Å²) in [6, 6.07) is 8.77. The molecule has 2 N–H and O–H groups in total. The maximum absolute atomic E-state index is 11.7. The van der Waals surface area contributed by atoms with Crippen molar-refractivity contribution in [1.82, 2.24) is 24.6 Å². The lowest BCUT2D eigenvalue weighted by Crippen LogP contribution is -2.20. The molecule has 1 aromatic carbocycles. The van der Waals surface area contributed by atoms with Crippen LogP contribution in [0.15, 0.2) is 53.8 Å². The fraction of sp³-hybridized carbons (Fsp3) is 0.250. The van der Waals surface area contributed by atoms with Gasteiger partial charge < -0.3 is 5.32 Å². The van der Waals surface area contributed by atoms with E-state index in [1.54, 1.807) is 22.8 Å². The molecule has 0 saturated heterocycles. The van der Waals surface area contributed by atoms with Crippen molar-refractivity contribution in [3.8, 4) is 0 Å². The standard InChI is InChI=1S/C16H19N5O2S/c1-12(14-3-5-15(6-4-14)24(22,23)17-2)18-9-13-10-19-16-7-8-20-21(16)11-13/h3-8,10-12,17-18H,9H2,1-2H3. The van der Waals surface area contributed by atoms with E-state index in [0.717, 1.165) is 16.8 Å². The lowest BCUT2D eigenvalue weighted by molar-refractivity contribution is 0.570. The van der Waals surface area contributed by atoms with E-state index in [1.807, 2.05) is 37.5 Å². The number of benzene rings is 1. The molecule has 0 aliphatic rings. The van der Waals surface area contributed by atoms with E-state index in [9.17, 15) is 8.42 Å². The summed E-state index contributed by atoms with van der Waals surface area (Å²) < 4.78 is 27.5. The van der Waals surface area contributed by atoms with Gasteiger partial charge in [0, 0.05) is 36.6 Å². The number of nitrogens with zero attached hydrogens (tertiary/aromatic N) is 3. The Labute approximate surface area is 140 Å². The van der Waals surface area contributed by atoms with Crippen molar-refractivity contribution in [3.63, 3.8) is 0 Å². The third-order valence-corrected chi connectivity index (χ3v) is 5.30. The van der Waals surface area contributed by atoms with Gasteiger partial charge in [0.05, 0.1) is 11.1 Å². The summed E-state index contributed by atoms with van der Waals surface area (Å²) in [5, 5.41) is 7.57. The van der Waals surface area contributed by atoms with E-state index in [4.69, 9.17) is 0 Å². The number of hydrogen-bond acceptors (Lipinski definition) is 5. The van der Waals surface area contributed by atoms with Gasteiger partial charge in [0.2, 0.25) is 10.0 Å². The summed E-state index contributed by atoms with van der Waals surface area (Å²) in [5.41, 5.74) is 2.85. The van der Waals surface area contributed by atoms with E-state index < -0.39 is 10.0 Å². The molecule has 0 aliphatic heterocycles. The summed E-state index contributed by atoms with van der Waals surface area (Å²) in [4.78, 5) is 4.59. The van der Waals surface area contributed by atoms with Crippen molar-refractivity contribution in [3.05, 3.63) is 60.0 Å². The van der Waals surface area contributed by atoms with E-state index >= 15 is 0 Å². The fourth-order valence-electron chi connectivity index (χ4n) is 2.38. The van der Waals surface area contributed by atoms with Crippen LogP contribution in [0.3, 0.4) is 0 Å². The van der Waals surface area contributed by atoms with Crippen LogP contribution >= 0.6 is 0 Å². The second-order valence-corrected chi connectivity index (χ2v) is 7.36. The highest BCUT2D eigenvalue weighted by molar-refractivity contribution is 7.89. The van der Waals surface area contributed by atoms with Gasteiger partial charge in [-0.3, -0.25) is 0 Å². The molecule has 8 heteroatoms. The van der Waals surface area contributed by atoms with Crippen LogP contribution < -0.4 is 10.0 Å². The second-order valence-electron chi connectivity index (χ2n) is 5.48. The zero-order valence-electron chi connectivity index (χ0n) is 13.5. The molecule has 24 heavy (non-hydrogen) atoms. The molecule has 1 atom stereocenters. The Hall–Kier alpha value is -2.29. The van der Waals surface area contributed by atoms with Crippen LogP contribution in [0.4, 0.5) is 0 Å². The second kappa shape index (κ2) is 6.68. The van der Waals surface area contributed by atoms with Gasteiger partial charge in [0.1, 0.15) is 0 Å². The van der Waals surface area contributed by atoms with Crippen LogP contribution in [0.1, 0.15) is 24.1 Å². The highest BCUT2D eigenvalue weighted by Crippen LogP contribution is 2.16. The molecule has 0 fully saturated rings. The predicted molar refractivity (Wildman–Crippen MR) is 90.9 cm³/mol. The molecule has 0 bridgehead atoms. The van der Waals surface area contributed by atoms with Gasteiger partial charge in [-0.15, -0.1) is 0 Å². The molecule has 3 rings (SSSR count).